The highest BCUT2D eigenvalue weighted by Gasteiger charge is 2.57. The summed E-state index contributed by atoms with van der Waals surface area (Å²) in [7, 11) is 1.57. The average Bonchev–Trinajstić information content (AvgIpc) is 3.51. The van der Waals surface area contributed by atoms with E-state index in [0.29, 0.717) is 38.4 Å². The summed E-state index contributed by atoms with van der Waals surface area (Å²) in [6.45, 7) is 3.70. The lowest BCUT2D eigenvalue weighted by molar-refractivity contribution is -0.141. The Labute approximate surface area is 172 Å². The Balaban J connectivity index is 1.44. The third-order valence-corrected chi connectivity index (χ3v) is 6.99. The fourth-order valence-corrected chi connectivity index (χ4v) is 5.01. The number of hydrogen-bond acceptors (Lipinski definition) is 3. The number of benzene rings is 1. The van der Waals surface area contributed by atoms with Gasteiger partial charge in [0.05, 0.1) is 0 Å². The molecule has 1 aliphatic carbocycles. The number of nitrogens with zero attached hydrogens (tertiary/aromatic N) is 3. The van der Waals surface area contributed by atoms with Crippen LogP contribution in [0.15, 0.2) is 30.3 Å². The van der Waals surface area contributed by atoms with Crippen LogP contribution >= 0.6 is 0 Å². The summed E-state index contributed by atoms with van der Waals surface area (Å²) in [6.07, 6.45) is 5.56. The van der Waals surface area contributed by atoms with Crippen LogP contribution in [-0.4, -0.2) is 58.2 Å². The zero-order valence-electron chi connectivity index (χ0n) is 17.5. The van der Waals surface area contributed by atoms with E-state index in [1.165, 1.54) is 17.7 Å². The van der Waals surface area contributed by atoms with Gasteiger partial charge in [-0.3, -0.25) is 14.5 Å². The number of carbonyl (C=O) groups is 3. The van der Waals surface area contributed by atoms with Gasteiger partial charge in [0, 0.05) is 32.6 Å². The quantitative estimate of drug-likeness (QED) is 0.692. The van der Waals surface area contributed by atoms with Crippen LogP contribution < -0.4 is 0 Å². The minimum absolute atomic E-state index is 0.127. The van der Waals surface area contributed by atoms with Gasteiger partial charge in [-0.2, -0.15) is 0 Å². The molecule has 4 amide bonds. The highest BCUT2D eigenvalue weighted by atomic mass is 16.2. The Morgan fingerprint density at radius 2 is 1.83 bits per heavy atom. The molecule has 1 aromatic carbocycles. The molecule has 0 aromatic heterocycles. The van der Waals surface area contributed by atoms with Crippen molar-refractivity contribution < 1.29 is 14.4 Å². The van der Waals surface area contributed by atoms with Crippen LogP contribution in [0, 0.1) is 11.8 Å². The third kappa shape index (κ3) is 3.53. The minimum Gasteiger partial charge on any atom is -0.342 e. The van der Waals surface area contributed by atoms with Gasteiger partial charge in [-0.25, -0.2) is 4.79 Å². The molecule has 0 N–H and O–H groups in total. The minimum atomic E-state index is -0.816. The molecule has 2 heterocycles. The lowest BCUT2D eigenvalue weighted by Gasteiger charge is -2.42. The van der Waals surface area contributed by atoms with E-state index in [0.717, 1.165) is 18.4 Å². The normalized spacial score (nSPS) is 25.8. The van der Waals surface area contributed by atoms with Gasteiger partial charge >= 0.3 is 6.03 Å². The Kier molecular flexibility index (Phi) is 5.36. The van der Waals surface area contributed by atoms with E-state index in [1.54, 1.807) is 11.9 Å². The van der Waals surface area contributed by atoms with Crippen molar-refractivity contribution in [1.82, 2.24) is 14.7 Å². The average molecular weight is 398 g/mol. The Bertz CT molecular complexity index is 786. The van der Waals surface area contributed by atoms with Crippen LogP contribution in [-0.2, 0) is 16.1 Å². The van der Waals surface area contributed by atoms with E-state index in [9.17, 15) is 14.4 Å². The van der Waals surface area contributed by atoms with Crippen molar-refractivity contribution in [2.75, 3.05) is 20.1 Å². The maximum absolute atomic E-state index is 13.0. The molecule has 1 aromatic rings. The molecular formula is C23H31N3O3. The molecule has 3 fully saturated rings. The van der Waals surface area contributed by atoms with Gasteiger partial charge in [0.1, 0.15) is 5.54 Å². The van der Waals surface area contributed by atoms with Gasteiger partial charge in [0.15, 0.2) is 0 Å². The summed E-state index contributed by atoms with van der Waals surface area (Å²) < 4.78 is 0. The molecule has 0 bridgehead atoms. The van der Waals surface area contributed by atoms with Crippen LogP contribution in [0.3, 0.4) is 0 Å². The molecule has 156 valence electrons. The number of imide groups is 1. The van der Waals surface area contributed by atoms with Crippen molar-refractivity contribution in [2.24, 2.45) is 11.8 Å². The Morgan fingerprint density at radius 1 is 1.14 bits per heavy atom. The number of hydrogen-bond donors (Lipinski definition) is 0. The zero-order valence-corrected chi connectivity index (χ0v) is 17.5. The van der Waals surface area contributed by atoms with Gasteiger partial charge in [0.2, 0.25) is 5.91 Å². The van der Waals surface area contributed by atoms with Crippen molar-refractivity contribution in [2.45, 2.75) is 57.5 Å². The van der Waals surface area contributed by atoms with Crippen molar-refractivity contribution in [3.05, 3.63) is 35.9 Å². The summed E-state index contributed by atoms with van der Waals surface area (Å²) in [6, 6.07) is 9.55. The molecule has 3 aliphatic rings. The molecular weight excluding hydrogens is 366 g/mol. The lowest BCUT2D eigenvalue weighted by atomic mass is 9.85. The van der Waals surface area contributed by atoms with E-state index in [2.05, 4.69) is 6.92 Å². The Morgan fingerprint density at radius 3 is 2.48 bits per heavy atom. The van der Waals surface area contributed by atoms with Gasteiger partial charge in [-0.15, -0.1) is 0 Å². The number of carbonyl (C=O) groups excluding carboxylic acids is 3. The first-order valence-corrected chi connectivity index (χ1v) is 10.9. The zero-order chi connectivity index (χ0) is 20.6. The number of rotatable bonds is 6. The highest BCUT2D eigenvalue weighted by molar-refractivity contribution is 6.06. The van der Waals surface area contributed by atoms with E-state index in [-0.39, 0.29) is 23.8 Å². The molecule has 2 saturated heterocycles. The number of piperidine rings is 1. The second-order valence-corrected chi connectivity index (χ2v) is 8.82. The third-order valence-electron chi connectivity index (χ3n) is 6.99. The maximum Gasteiger partial charge on any atom is 0.327 e. The predicted molar refractivity (Wildman–Crippen MR) is 110 cm³/mol. The molecule has 1 spiro atoms. The molecule has 4 rings (SSSR count). The number of amides is 4. The molecule has 2 atom stereocenters. The fourth-order valence-electron chi connectivity index (χ4n) is 5.01. The number of likely N-dealkylation sites (tertiary alicyclic amines) is 1. The number of unbranched alkanes of at least 4 members (excludes halogenated alkanes) is 1. The summed E-state index contributed by atoms with van der Waals surface area (Å²) in [5, 5.41) is 0. The Hall–Kier alpha value is -2.37. The standard InChI is InChI=1S/C23H31N3O3/c1-3-4-10-18-15-19(18)20(27)25-13-11-23(12-14-25)21(28)24(2)22(29)26(23)16-17-8-6-5-7-9-17/h5-9,18-19H,3-4,10-16H2,1-2H3/t18-,19+/m1/s1. The molecule has 29 heavy (non-hydrogen) atoms. The van der Waals surface area contributed by atoms with Crippen LogP contribution in [0.1, 0.15) is 51.0 Å². The lowest BCUT2D eigenvalue weighted by Crippen LogP contribution is -2.57. The molecule has 2 aliphatic heterocycles. The molecule has 6 nitrogen and oxygen atoms in total. The van der Waals surface area contributed by atoms with Crippen LogP contribution in [0.4, 0.5) is 4.79 Å². The van der Waals surface area contributed by atoms with Crippen LogP contribution in [0.25, 0.3) is 0 Å². The molecule has 0 unspecified atom stereocenters. The van der Waals surface area contributed by atoms with Gasteiger partial charge in [0.25, 0.3) is 5.91 Å². The molecule has 0 radical (unpaired) electrons. The van der Waals surface area contributed by atoms with Crippen LogP contribution in [0.2, 0.25) is 0 Å². The van der Waals surface area contributed by atoms with Crippen LogP contribution in [0.5, 0.6) is 0 Å². The van der Waals surface area contributed by atoms with Gasteiger partial charge < -0.3 is 9.80 Å². The topological polar surface area (TPSA) is 60.9 Å². The fraction of sp³-hybridized carbons (Fsp3) is 0.609. The second kappa shape index (κ2) is 7.81. The number of urea groups is 1. The maximum atomic E-state index is 13.0. The first kappa shape index (κ1) is 19.9. The summed E-state index contributed by atoms with van der Waals surface area (Å²) in [5.74, 6) is 0.854. The van der Waals surface area contributed by atoms with E-state index in [1.807, 2.05) is 35.2 Å². The molecule has 6 heteroatoms. The smallest absolute Gasteiger partial charge is 0.327 e. The van der Waals surface area contributed by atoms with E-state index >= 15 is 0 Å². The van der Waals surface area contributed by atoms with E-state index in [4.69, 9.17) is 0 Å². The monoisotopic (exact) mass is 397 g/mol. The van der Waals surface area contributed by atoms with E-state index < -0.39 is 5.54 Å². The summed E-state index contributed by atoms with van der Waals surface area (Å²) >= 11 is 0. The predicted octanol–water partition coefficient (Wildman–Crippen LogP) is 3.27. The van der Waals surface area contributed by atoms with Crippen molar-refractivity contribution in [3.8, 4) is 0 Å². The van der Waals surface area contributed by atoms with Crippen molar-refractivity contribution >= 4 is 17.8 Å². The first-order chi connectivity index (χ1) is 14.0. The SMILES string of the molecule is CCCC[C@@H]1C[C@@H]1C(=O)N1CCC2(CC1)C(=O)N(C)C(=O)N2Cc1ccccc1. The largest absolute Gasteiger partial charge is 0.342 e. The van der Waals surface area contributed by atoms with Crippen molar-refractivity contribution in [3.63, 3.8) is 0 Å². The summed E-state index contributed by atoms with van der Waals surface area (Å²) in [4.78, 5) is 43.6. The number of likely N-dealkylation sites (N-methyl/N-ethyl adjacent to an activating group) is 1. The van der Waals surface area contributed by atoms with Gasteiger partial charge in [-0.05, 0) is 37.2 Å². The van der Waals surface area contributed by atoms with Gasteiger partial charge in [-0.1, -0.05) is 50.1 Å². The highest BCUT2D eigenvalue weighted by Crippen LogP contribution is 2.45. The van der Waals surface area contributed by atoms with Crippen molar-refractivity contribution in [1.29, 1.82) is 0 Å². The summed E-state index contributed by atoms with van der Waals surface area (Å²) in [5.41, 5.74) is 0.197. The second-order valence-electron chi connectivity index (χ2n) is 8.82. The molecule has 1 saturated carbocycles. The first-order valence-electron chi connectivity index (χ1n) is 10.9.